The Bertz CT molecular complexity index is 834. The molecule has 0 fully saturated rings. The lowest BCUT2D eigenvalue weighted by atomic mass is 9.98. The van der Waals surface area contributed by atoms with Crippen molar-refractivity contribution in [2.45, 2.75) is 12.5 Å². The van der Waals surface area contributed by atoms with Gasteiger partial charge in [-0.25, -0.2) is 4.98 Å². The molecule has 0 bridgehead atoms. The highest BCUT2D eigenvalue weighted by atomic mass is 35.5. The molecule has 1 unspecified atom stereocenters. The number of anilines is 1. The Labute approximate surface area is 156 Å². The van der Waals surface area contributed by atoms with Crippen molar-refractivity contribution in [3.8, 4) is 0 Å². The molecule has 0 saturated carbocycles. The number of ketones is 1. The number of benzene rings is 2. The van der Waals surface area contributed by atoms with Gasteiger partial charge in [-0.2, -0.15) is 0 Å². The average Bonchev–Trinajstić information content (AvgIpc) is 2.63. The molecule has 3 nitrogen and oxygen atoms in total. The normalized spacial score (nSPS) is 11.8. The summed E-state index contributed by atoms with van der Waals surface area (Å²) in [5.41, 5.74) is 1.60. The number of carbonyl (C=O) groups excluding carboxylic acids is 1. The van der Waals surface area contributed by atoms with Crippen LogP contribution in [0.3, 0.4) is 0 Å². The molecule has 1 heterocycles. The molecule has 2 aromatic carbocycles. The Balaban J connectivity index is 1.83. The lowest BCUT2D eigenvalue weighted by Crippen LogP contribution is -2.16. The van der Waals surface area contributed by atoms with Gasteiger partial charge in [0.1, 0.15) is 5.82 Å². The number of rotatable bonds is 6. The summed E-state index contributed by atoms with van der Waals surface area (Å²) < 4.78 is 0. The monoisotopic (exact) mass is 370 g/mol. The average molecular weight is 371 g/mol. The molecule has 1 N–H and O–H groups in total. The molecule has 1 aromatic heterocycles. The Kier molecular flexibility index (Phi) is 5.69. The van der Waals surface area contributed by atoms with Crippen LogP contribution in [0.2, 0.25) is 10.0 Å². The summed E-state index contributed by atoms with van der Waals surface area (Å²) in [7, 11) is 0. The molecule has 0 aliphatic heterocycles. The minimum absolute atomic E-state index is 0.0278. The first-order valence-corrected chi connectivity index (χ1v) is 8.59. The van der Waals surface area contributed by atoms with E-state index >= 15 is 0 Å². The molecular weight excluding hydrogens is 355 g/mol. The van der Waals surface area contributed by atoms with Gasteiger partial charge in [-0.15, -0.1) is 0 Å². The number of pyridine rings is 1. The number of hydrogen-bond donors (Lipinski definition) is 1. The van der Waals surface area contributed by atoms with Crippen LogP contribution in [0.4, 0.5) is 5.82 Å². The van der Waals surface area contributed by atoms with Gasteiger partial charge in [0.15, 0.2) is 5.78 Å². The Morgan fingerprint density at radius 1 is 0.920 bits per heavy atom. The number of nitrogens with zero attached hydrogens (tertiary/aromatic N) is 1. The molecule has 3 aromatic rings. The van der Waals surface area contributed by atoms with Crippen LogP contribution in [0.15, 0.2) is 72.9 Å². The number of Topliss-reactive ketones (excluding diaryl/α,β-unsaturated/α-hetero) is 1. The van der Waals surface area contributed by atoms with Gasteiger partial charge in [0.2, 0.25) is 0 Å². The van der Waals surface area contributed by atoms with Crippen LogP contribution < -0.4 is 5.32 Å². The highest BCUT2D eigenvalue weighted by molar-refractivity contribution is 6.30. The molecule has 0 amide bonds. The van der Waals surface area contributed by atoms with E-state index in [1.54, 1.807) is 30.5 Å². The van der Waals surface area contributed by atoms with E-state index in [0.717, 1.165) is 5.56 Å². The second-order valence-electron chi connectivity index (χ2n) is 5.60. The van der Waals surface area contributed by atoms with Crippen molar-refractivity contribution in [1.29, 1.82) is 0 Å². The van der Waals surface area contributed by atoms with Crippen LogP contribution in [0.5, 0.6) is 0 Å². The van der Waals surface area contributed by atoms with Gasteiger partial charge in [-0.1, -0.05) is 41.4 Å². The fourth-order valence-electron chi connectivity index (χ4n) is 2.51. The molecule has 3 rings (SSSR count). The molecule has 0 aliphatic carbocycles. The van der Waals surface area contributed by atoms with E-state index in [9.17, 15) is 4.79 Å². The third-order valence-electron chi connectivity index (χ3n) is 3.82. The van der Waals surface area contributed by atoms with Gasteiger partial charge in [0.05, 0.1) is 6.04 Å². The van der Waals surface area contributed by atoms with Gasteiger partial charge in [0.25, 0.3) is 0 Å². The fraction of sp³-hybridized carbons (Fsp3) is 0.100. The maximum atomic E-state index is 12.7. The fourth-order valence-corrected chi connectivity index (χ4v) is 2.76. The molecule has 126 valence electrons. The third kappa shape index (κ3) is 4.81. The van der Waals surface area contributed by atoms with Crippen LogP contribution in [0, 0.1) is 0 Å². The Morgan fingerprint density at radius 2 is 1.56 bits per heavy atom. The van der Waals surface area contributed by atoms with E-state index in [0.29, 0.717) is 27.8 Å². The summed E-state index contributed by atoms with van der Waals surface area (Å²) in [4.78, 5) is 17.0. The predicted octanol–water partition coefficient (Wildman–Crippen LogP) is 5.81. The molecule has 5 heteroatoms. The topological polar surface area (TPSA) is 42.0 Å². The zero-order chi connectivity index (χ0) is 17.6. The van der Waals surface area contributed by atoms with E-state index in [1.165, 1.54) is 0 Å². The van der Waals surface area contributed by atoms with Crippen molar-refractivity contribution in [3.63, 3.8) is 0 Å². The SMILES string of the molecule is O=C(CC(Nc1ccccn1)c1ccc(Cl)cc1)c1ccc(Cl)cc1. The smallest absolute Gasteiger partial charge is 0.165 e. The molecule has 0 spiro atoms. The standard InChI is InChI=1S/C20H16Cl2N2O/c21-16-8-4-14(5-9-16)18(24-20-3-1-2-12-23-20)13-19(25)15-6-10-17(22)11-7-15/h1-12,18H,13H2,(H,23,24). The number of hydrogen-bond acceptors (Lipinski definition) is 3. The van der Waals surface area contributed by atoms with E-state index in [4.69, 9.17) is 23.2 Å². The van der Waals surface area contributed by atoms with E-state index in [1.807, 2.05) is 42.5 Å². The van der Waals surface area contributed by atoms with E-state index in [-0.39, 0.29) is 11.8 Å². The van der Waals surface area contributed by atoms with Gasteiger partial charge >= 0.3 is 0 Å². The molecule has 0 aliphatic rings. The number of halogens is 2. The van der Waals surface area contributed by atoms with Crippen molar-refractivity contribution in [2.24, 2.45) is 0 Å². The summed E-state index contributed by atoms with van der Waals surface area (Å²) in [5, 5.41) is 4.59. The van der Waals surface area contributed by atoms with Crippen molar-refractivity contribution in [1.82, 2.24) is 4.98 Å². The van der Waals surface area contributed by atoms with Gasteiger partial charge in [-0.3, -0.25) is 4.79 Å². The van der Waals surface area contributed by atoms with Crippen LogP contribution >= 0.6 is 23.2 Å². The minimum atomic E-state index is -0.213. The zero-order valence-electron chi connectivity index (χ0n) is 13.3. The maximum absolute atomic E-state index is 12.7. The largest absolute Gasteiger partial charge is 0.363 e. The molecule has 1 atom stereocenters. The second-order valence-corrected chi connectivity index (χ2v) is 6.47. The van der Waals surface area contributed by atoms with Gasteiger partial charge < -0.3 is 5.32 Å². The van der Waals surface area contributed by atoms with Gasteiger partial charge in [-0.05, 0) is 54.1 Å². The van der Waals surface area contributed by atoms with Crippen LogP contribution in [-0.4, -0.2) is 10.8 Å². The summed E-state index contributed by atoms with van der Waals surface area (Å²) in [6.45, 7) is 0. The van der Waals surface area contributed by atoms with Crippen LogP contribution in [-0.2, 0) is 0 Å². The number of nitrogens with one attached hydrogen (secondary N) is 1. The van der Waals surface area contributed by atoms with Crippen molar-refractivity contribution in [2.75, 3.05) is 5.32 Å². The van der Waals surface area contributed by atoms with Gasteiger partial charge in [0, 0.05) is 28.2 Å². The first kappa shape index (κ1) is 17.5. The number of aromatic nitrogens is 1. The van der Waals surface area contributed by atoms with Crippen LogP contribution in [0.1, 0.15) is 28.4 Å². The lowest BCUT2D eigenvalue weighted by molar-refractivity contribution is 0.0976. The summed E-state index contributed by atoms with van der Waals surface area (Å²) in [6.07, 6.45) is 2.00. The molecule has 25 heavy (non-hydrogen) atoms. The summed E-state index contributed by atoms with van der Waals surface area (Å²) in [5.74, 6) is 0.742. The van der Waals surface area contributed by atoms with E-state index in [2.05, 4.69) is 10.3 Å². The first-order valence-electron chi connectivity index (χ1n) is 7.83. The predicted molar refractivity (Wildman–Crippen MR) is 102 cm³/mol. The molecule has 0 radical (unpaired) electrons. The molecular formula is C20H16Cl2N2O. The van der Waals surface area contributed by atoms with Crippen LogP contribution in [0.25, 0.3) is 0 Å². The zero-order valence-corrected chi connectivity index (χ0v) is 14.8. The Hall–Kier alpha value is -2.36. The summed E-state index contributed by atoms with van der Waals surface area (Å²) in [6, 6.07) is 19.8. The van der Waals surface area contributed by atoms with Crippen molar-refractivity contribution < 1.29 is 4.79 Å². The van der Waals surface area contributed by atoms with Crippen molar-refractivity contribution >= 4 is 34.8 Å². The highest BCUT2D eigenvalue weighted by Gasteiger charge is 2.18. The first-order chi connectivity index (χ1) is 12.1. The second kappa shape index (κ2) is 8.15. The molecule has 0 saturated heterocycles. The van der Waals surface area contributed by atoms with Crippen molar-refractivity contribution in [3.05, 3.63) is 94.1 Å². The quantitative estimate of drug-likeness (QED) is 0.556. The third-order valence-corrected chi connectivity index (χ3v) is 4.32. The summed E-state index contributed by atoms with van der Waals surface area (Å²) >= 11 is 11.9. The lowest BCUT2D eigenvalue weighted by Gasteiger charge is -2.19. The number of carbonyl (C=O) groups is 1. The Morgan fingerprint density at radius 3 is 2.16 bits per heavy atom. The highest BCUT2D eigenvalue weighted by Crippen LogP contribution is 2.25. The minimum Gasteiger partial charge on any atom is -0.363 e. The van der Waals surface area contributed by atoms with E-state index < -0.39 is 0 Å². The maximum Gasteiger partial charge on any atom is 0.165 e.